The van der Waals surface area contributed by atoms with Gasteiger partial charge in [-0.2, -0.15) is 0 Å². The smallest absolute Gasteiger partial charge is 0.132 e. The molecule has 15 heavy (non-hydrogen) atoms. The van der Waals surface area contributed by atoms with Gasteiger partial charge in [-0.25, -0.2) is 0 Å². The Morgan fingerprint density at radius 2 is 2.13 bits per heavy atom. The Hall–Kier alpha value is -0.190. The maximum Gasteiger partial charge on any atom is 0.132 e. The van der Waals surface area contributed by atoms with E-state index in [-0.39, 0.29) is 11.4 Å². The van der Waals surface area contributed by atoms with E-state index in [1.165, 1.54) is 0 Å². The highest BCUT2D eigenvalue weighted by molar-refractivity contribution is 9.10. The molecule has 1 aromatic rings. The molecule has 0 aromatic heterocycles. The van der Waals surface area contributed by atoms with Crippen molar-refractivity contribution in [3.8, 4) is 5.75 Å². The van der Waals surface area contributed by atoms with E-state index in [1.54, 1.807) is 18.9 Å². The number of thioether (sulfide) groups is 1. The van der Waals surface area contributed by atoms with Gasteiger partial charge in [0.1, 0.15) is 5.75 Å². The van der Waals surface area contributed by atoms with Gasteiger partial charge in [0.2, 0.25) is 0 Å². The van der Waals surface area contributed by atoms with Gasteiger partial charge < -0.3 is 9.84 Å². The zero-order valence-electron chi connectivity index (χ0n) is 9.08. The van der Waals surface area contributed by atoms with Crippen LogP contribution in [0.4, 0.5) is 0 Å². The monoisotopic (exact) mass is 290 g/mol. The van der Waals surface area contributed by atoms with Crippen LogP contribution in [-0.2, 0) is 0 Å². The molecule has 4 heteroatoms. The number of hydrogen-bond donors (Lipinski definition) is 1. The number of hydrogen-bond acceptors (Lipinski definition) is 3. The molecule has 0 aliphatic rings. The molecular formula is C11H15BrO2S. The quantitative estimate of drug-likeness (QED) is 0.863. The molecule has 0 saturated heterocycles. The Morgan fingerprint density at radius 3 is 2.67 bits per heavy atom. The number of benzene rings is 1. The normalized spacial score (nSPS) is 11.5. The molecule has 1 rings (SSSR count). The zero-order chi connectivity index (χ0) is 11.5. The second-order valence-electron chi connectivity index (χ2n) is 3.82. The minimum atomic E-state index is -0.200. The first kappa shape index (κ1) is 12.9. The number of rotatable bonds is 4. The highest BCUT2D eigenvalue weighted by atomic mass is 79.9. The molecule has 0 saturated carbocycles. The Labute approximate surface area is 103 Å². The first-order chi connectivity index (χ1) is 6.98. The summed E-state index contributed by atoms with van der Waals surface area (Å²) in [5.74, 6) is 0.838. The molecule has 2 nitrogen and oxygen atoms in total. The van der Waals surface area contributed by atoms with Gasteiger partial charge in [-0.15, -0.1) is 11.8 Å². The summed E-state index contributed by atoms with van der Waals surface area (Å²) in [6.45, 7) is 4.13. The summed E-state index contributed by atoms with van der Waals surface area (Å²) < 4.78 is 6.08. The zero-order valence-corrected chi connectivity index (χ0v) is 11.5. The van der Waals surface area contributed by atoms with Crippen LogP contribution in [0, 0.1) is 0 Å². The number of aliphatic hydroxyl groups excluding tert-OH is 1. The number of aliphatic hydroxyl groups is 1. The molecule has 0 heterocycles. The molecule has 0 fully saturated rings. The molecule has 0 bridgehead atoms. The number of ether oxygens (including phenoxy) is 1. The van der Waals surface area contributed by atoms with Crippen LogP contribution in [0.1, 0.15) is 13.8 Å². The van der Waals surface area contributed by atoms with Gasteiger partial charge in [-0.05, 0) is 32.0 Å². The third-order valence-corrected chi connectivity index (χ3v) is 3.61. The summed E-state index contributed by atoms with van der Waals surface area (Å²) in [4.78, 5) is 1.03. The molecule has 0 amide bonds. The second-order valence-corrected chi connectivity index (χ2v) is 6.48. The molecule has 1 aromatic carbocycles. The van der Waals surface area contributed by atoms with E-state index in [4.69, 9.17) is 4.74 Å². The highest BCUT2D eigenvalue weighted by Gasteiger charge is 2.20. The van der Waals surface area contributed by atoms with E-state index in [0.29, 0.717) is 0 Å². The van der Waals surface area contributed by atoms with Gasteiger partial charge in [0.15, 0.2) is 0 Å². The van der Waals surface area contributed by atoms with E-state index in [0.717, 1.165) is 15.1 Å². The third-order valence-electron chi connectivity index (χ3n) is 1.89. The lowest BCUT2D eigenvalue weighted by atomic mass is 10.2. The van der Waals surface area contributed by atoms with Crippen LogP contribution >= 0.6 is 27.7 Å². The summed E-state index contributed by atoms with van der Waals surface area (Å²) in [7, 11) is 1.65. The van der Waals surface area contributed by atoms with Crippen molar-refractivity contribution in [2.45, 2.75) is 23.5 Å². The fourth-order valence-corrected chi connectivity index (χ4v) is 2.67. The average molecular weight is 291 g/mol. The summed E-state index contributed by atoms with van der Waals surface area (Å²) in [6.07, 6.45) is 0. The molecule has 84 valence electrons. The van der Waals surface area contributed by atoms with Crippen LogP contribution in [0.25, 0.3) is 0 Å². The summed E-state index contributed by atoms with van der Waals surface area (Å²) in [5.41, 5.74) is 0. The minimum Gasteiger partial charge on any atom is -0.496 e. The second kappa shape index (κ2) is 5.23. The summed E-state index contributed by atoms with van der Waals surface area (Å²) >= 11 is 5.03. The van der Waals surface area contributed by atoms with E-state index >= 15 is 0 Å². The van der Waals surface area contributed by atoms with E-state index in [9.17, 15) is 5.11 Å². The number of methoxy groups -OCH3 is 1. The van der Waals surface area contributed by atoms with Crippen molar-refractivity contribution in [3.63, 3.8) is 0 Å². The summed E-state index contributed by atoms with van der Waals surface area (Å²) in [6, 6.07) is 5.86. The molecule has 0 unspecified atom stereocenters. The van der Waals surface area contributed by atoms with Gasteiger partial charge in [-0.3, -0.25) is 0 Å². The van der Waals surface area contributed by atoms with Crippen molar-refractivity contribution < 1.29 is 9.84 Å². The first-order valence-electron chi connectivity index (χ1n) is 4.62. The molecule has 0 spiro atoms. The molecular weight excluding hydrogens is 276 g/mol. The number of halogens is 1. The largest absolute Gasteiger partial charge is 0.496 e. The van der Waals surface area contributed by atoms with E-state index < -0.39 is 0 Å². The van der Waals surface area contributed by atoms with Gasteiger partial charge in [0.05, 0.1) is 18.6 Å². The van der Waals surface area contributed by atoms with Crippen molar-refractivity contribution in [2.75, 3.05) is 13.7 Å². The maximum atomic E-state index is 9.21. The van der Waals surface area contributed by atoms with Crippen molar-refractivity contribution in [1.29, 1.82) is 0 Å². The van der Waals surface area contributed by atoms with Gasteiger partial charge in [0.25, 0.3) is 0 Å². The molecule has 0 aliphatic heterocycles. The fourth-order valence-electron chi connectivity index (χ4n) is 1.06. The van der Waals surface area contributed by atoms with E-state index in [1.807, 2.05) is 32.0 Å². The minimum absolute atomic E-state index is 0.132. The lowest BCUT2D eigenvalue weighted by Gasteiger charge is -2.22. The predicted molar refractivity (Wildman–Crippen MR) is 67.7 cm³/mol. The first-order valence-corrected chi connectivity index (χ1v) is 6.23. The Kier molecular flexibility index (Phi) is 4.49. The van der Waals surface area contributed by atoms with Gasteiger partial charge in [-0.1, -0.05) is 15.9 Å². The van der Waals surface area contributed by atoms with Crippen molar-refractivity contribution in [2.24, 2.45) is 0 Å². The highest BCUT2D eigenvalue weighted by Crippen LogP contribution is 2.39. The molecule has 0 radical (unpaired) electrons. The van der Waals surface area contributed by atoms with Gasteiger partial charge in [0, 0.05) is 9.22 Å². The SMILES string of the molecule is COc1ccc(Br)cc1SC(C)(C)CO. The van der Waals surface area contributed by atoms with Crippen LogP contribution in [0.3, 0.4) is 0 Å². The van der Waals surface area contributed by atoms with Crippen molar-refractivity contribution in [3.05, 3.63) is 22.7 Å². The molecule has 0 atom stereocenters. The molecule has 0 aliphatic carbocycles. The van der Waals surface area contributed by atoms with Crippen LogP contribution in [0.2, 0.25) is 0 Å². The van der Waals surface area contributed by atoms with Crippen molar-refractivity contribution in [1.82, 2.24) is 0 Å². The predicted octanol–water partition coefficient (Wildman–Crippen LogP) is 3.32. The van der Waals surface area contributed by atoms with Crippen LogP contribution < -0.4 is 4.74 Å². The van der Waals surface area contributed by atoms with Gasteiger partial charge >= 0.3 is 0 Å². The fraction of sp³-hybridized carbons (Fsp3) is 0.455. The average Bonchev–Trinajstić information content (AvgIpc) is 2.18. The Balaban J connectivity index is 2.97. The lowest BCUT2D eigenvalue weighted by molar-refractivity contribution is 0.265. The van der Waals surface area contributed by atoms with Crippen LogP contribution in [0.5, 0.6) is 5.75 Å². The Morgan fingerprint density at radius 1 is 1.47 bits per heavy atom. The van der Waals surface area contributed by atoms with Crippen LogP contribution in [-0.4, -0.2) is 23.6 Å². The maximum absolute atomic E-state index is 9.21. The summed E-state index contributed by atoms with van der Waals surface area (Å²) in [5, 5.41) is 9.21. The van der Waals surface area contributed by atoms with Crippen molar-refractivity contribution >= 4 is 27.7 Å². The van der Waals surface area contributed by atoms with Crippen LogP contribution in [0.15, 0.2) is 27.6 Å². The Bertz CT molecular complexity index is 339. The standard InChI is InChI=1S/C11H15BrO2S/c1-11(2,7-13)15-10-6-8(12)4-5-9(10)14-3/h4-6,13H,7H2,1-3H3. The topological polar surface area (TPSA) is 29.5 Å². The van der Waals surface area contributed by atoms with E-state index in [2.05, 4.69) is 15.9 Å². The third kappa shape index (κ3) is 3.70. The lowest BCUT2D eigenvalue weighted by Crippen LogP contribution is -2.19. The molecule has 1 N–H and O–H groups in total.